The molecule has 0 bridgehead atoms. The van der Waals surface area contributed by atoms with E-state index >= 15 is 0 Å². The number of methoxy groups -OCH3 is 1. The number of rotatable bonds is 7. The predicted molar refractivity (Wildman–Crippen MR) is 121 cm³/mol. The number of ether oxygens (including phenoxy) is 2. The first-order valence-electron chi connectivity index (χ1n) is 10.1. The average molecular weight is 461 g/mol. The van der Waals surface area contributed by atoms with E-state index in [0.29, 0.717) is 23.8 Å². The molecule has 0 radical (unpaired) electrons. The van der Waals surface area contributed by atoms with Crippen LogP contribution < -0.4 is 9.64 Å². The van der Waals surface area contributed by atoms with Crippen molar-refractivity contribution in [2.24, 2.45) is 0 Å². The van der Waals surface area contributed by atoms with Gasteiger partial charge in [0.2, 0.25) is 0 Å². The molecule has 31 heavy (non-hydrogen) atoms. The minimum Gasteiger partial charge on any atom is -0.497 e. The summed E-state index contributed by atoms with van der Waals surface area (Å²) in [5.41, 5.74) is 1.19. The van der Waals surface area contributed by atoms with Crippen LogP contribution >= 0.6 is 11.3 Å². The van der Waals surface area contributed by atoms with Gasteiger partial charge in [0.15, 0.2) is 15.0 Å². The summed E-state index contributed by atoms with van der Waals surface area (Å²) in [5.74, 6) is 0.509. The Bertz CT molecular complexity index is 1180. The molecule has 1 aromatic heterocycles. The van der Waals surface area contributed by atoms with E-state index in [-0.39, 0.29) is 22.7 Å². The van der Waals surface area contributed by atoms with Gasteiger partial charge in [0, 0.05) is 12.2 Å². The summed E-state index contributed by atoms with van der Waals surface area (Å²) in [6.07, 6.45) is 1.80. The summed E-state index contributed by atoms with van der Waals surface area (Å²) in [6, 6.07) is 11.7. The smallest absolute Gasteiger partial charge is 0.260 e. The third kappa shape index (κ3) is 4.58. The molecule has 1 aliphatic heterocycles. The molecule has 0 N–H and O–H groups in total. The second-order valence-corrected chi connectivity index (χ2v) is 10.6. The molecule has 1 atom stereocenters. The summed E-state index contributed by atoms with van der Waals surface area (Å²) in [6.45, 7) is 2.68. The SMILES string of the molecule is CCS(=O)(=O)c1ccc(C(=O)N(CC2CCCO2)c2nc3ccc(OC)cc3s2)cc1. The first-order valence-corrected chi connectivity index (χ1v) is 12.6. The second kappa shape index (κ2) is 8.94. The summed E-state index contributed by atoms with van der Waals surface area (Å²) >= 11 is 1.41. The Morgan fingerprint density at radius 2 is 2.03 bits per heavy atom. The van der Waals surface area contributed by atoms with Crippen LogP contribution in [0.2, 0.25) is 0 Å². The molecule has 3 aromatic rings. The Morgan fingerprint density at radius 1 is 1.26 bits per heavy atom. The largest absolute Gasteiger partial charge is 0.497 e. The van der Waals surface area contributed by atoms with Crippen LogP contribution in [0.5, 0.6) is 5.75 Å². The van der Waals surface area contributed by atoms with Gasteiger partial charge in [-0.05, 0) is 55.3 Å². The van der Waals surface area contributed by atoms with E-state index in [1.165, 1.54) is 23.5 Å². The molecule has 9 heteroatoms. The maximum absolute atomic E-state index is 13.4. The highest BCUT2D eigenvalue weighted by Crippen LogP contribution is 2.33. The Kier molecular flexibility index (Phi) is 6.27. The third-order valence-corrected chi connectivity index (χ3v) is 8.10. The van der Waals surface area contributed by atoms with Gasteiger partial charge in [0.1, 0.15) is 5.75 Å². The number of amides is 1. The number of hydrogen-bond donors (Lipinski definition) is 0. The van der Waals surface area contributed by atoms with Crippen LogP contribution in [-0.4, -0.2) is 51.4 Å². The number of fused-ring (bicyclic) bond motifs is 1. The number of carbonyl (C=O) groups excluding carboxylic acids is 1. The van der Waals surface area contributed by atoms with Crippen LogP contribution in [-0.2, 0) is 14.6 Å². The molecule has 0 spiro atoms. The molecule has 1 amide bonds. The lowest BCUT2D eigenvalue weighted by atomic mass is 10.2. The quantitative estimate of drug-likeness (QED) is 0.531. The number of carbonyl (C=O) groups is 1. The summed E-state index contributed by atoms with van der Waals surface area (Å²) < 4.78 is 36.2. The molecular weight excluding hydrogens is 436 g/mol. The van der Waals surface area contributed by atoms with Gasteiger partial charge in [-0.2, -0.15) is 0 Å². The second-order valence-electron chi connectivity index (χ2n) is 7.31. The maximum Gasteiger partial charge on any atom is 0.260 e. The first kappa shape index (κ1) is 21.7. The number of aromatic nitrogens is 1. The van der Waals surface area contributed by atoms with E-state index in [9.17, 15) is 13.2 Å². The minimum atomic E-state index is -3.32. The molecule has 1 fully saturated rings. The fraction of sp³-hybridized carbons (Fsp3) is 0.364. The van der Waals surface area contributed by atoms with E-state index in [1.54, 1.807) is 31.1 Å². The van der Waals surface area contributed by atoms with Crippen LogP contribution in [0.1, 0.15) is 30.1 Å². The van der Waals surface area contributed by atoms with Gasteiger partial charge in [-0.1, -0.05) is 18.3 Å². The van der Waals surface area contributed by atoms with Crippen molar-refractivity contribution in [2.45, 2.75) is 30.8 Å². The highest BCUT2D eigenvalue weighted by atomic mass is 32.2. The highest BCUT2D eigenvalue weighted by Gasteiger charge is 2.27. The molecule has 1 saturated heterocycles. The minimum absolute atomic E-state index is 0.0145. The van der Waals surface area contributed by atoms with Gasteiger partial charge >= 0.3 is 0 Å². The fourth-order valence-corrected chi connectivity index (χ4v) is 5.39. The van der Waals surface area contributed by atoms with E-state index in [2.05, 4.69) is 4.98 Å². The molecule has 2 aromatic carbocycles. The van der Waals surface area contributed by atoms with Gasteiger partial charge in [-0.15, -0.1) is 0 Å². The summed E-state index contributed by atoms with van der Waals surface area (Å²) in [5, 5.41) is 0.578. The number of thiazole rings is 1. The van der Waals surface area contributed by atoms with Gasteiger partial charge < -0.3 is 9.47 Å². The van der Waals surface area contributed by atoms with Crippen LogP contribution in [0.25, 0.3) is 10.2 Å². The highest BCUT2D eigenvalue weighted by molar-refractivity contribution is 7.91. The van der Waals surface area contributed by atoms with Crippen LogP contribution in [0, 0.1) is 0 Å². The molecule has 4 rings (SSSR count). The van der Waals surface area contributed by atoms with Crippen LogP contribution in [0.15, 0.2) is 47.4 Å². The van der Waals surface area contributed by atoms with Crippen molar-refractivity contribution in [2.75, 3.05) is 30.9 Å². The fourth-order valence-electron chi connectivity index (χ4n) is 3.50. The van der Waals surface area contributed by atoms with Crippen molar-refractivity contribution in [3.8, 4) is 5.75 Å². The van der Waals surface area contributed by atoms with Crippen molar-refractivity contribution < 1.29 is 22.7 Å². The molecule has 1 unspecified atom stereocenters. The first-order chi connectivity index (χ1) is 14.9. The lowest BCUT2D eigenvalue weighted by Crippen LogP contribution is -2.37. The average Bonchev–Trinajstić information content (AvgIpc) is 3.46. The van der Waals surface area contributed by atoms with Gasteiger partial charge in [-0.3, -0.25) is 9.69 Å². The number of benzene rings is 2. The maximum atomic E-state index is 13.4. The lowest BCUT2D eigenvalue weighted by molar-refractivity contribution is 0.0917. The number of hydrogen-bond acceptors (Lipinski definition) is 7. The molecular formula is C22H24N2O5S2. The van der Waals surface area contributed by atoms with Gasteiger partial charge in [0.05, 0.1) is 40.6 Å². The van der Waals surface area contributed by atoms with E-state index in [1.807, 2.05) is 18.2 Å². The van der Waals surface area contributed by atoms with Crippen molar-refractivity contribution in [1.29, 1.82) is 0 Å². The standard InChI is InChI=1S/C22H24N2O5S2/c1-3-31(26,27)18-9-6-15(7-10-18)21(25)24(14-17-5-4-12-29-17)22-23-19-11-8-16(28-2)13-20(19)30-22/h6-11,13,17H,3-5,12,14H2,1-2H3. The molecule has 0 aliphatic carbocycles. The van der Waals surface area contributed by atoms with Gasteiger partial charge in [0.25, 0.3) is 5.91 Å². The summed E-state index contributed by atoms with van der Waals surface area (Å²) in [4.78, 5) is 19.9. The normalized spacial score (nSPS) is 16.5. The van der Waals surface area contributed by atoms with E-state index < -0.39 is 9.84 Å². The zero-order valence-corrected chi connectivity index (χ0v) is 19.0. The Morgan fingerprint density at radius 3 is 2.68 bits per heavy atom. The molecule has 0 saturated carbocycles. The predicted octanol–water partition coefficient (Wildman–Crippen LogP) is 3.92. The van der Waals surface area contributed by atoms with Crippen LogP contribution in [0.3, 0.4) is 0 Å². The zero-order chi connectivity index (χ0) is 22.0. The molecule has 164 valence electrons. The lowest BCUT2D eigenvalue weighted by Gasteiger charge is -2.23. The van der Waals surface area contributed by atoms with Crippen molar-refractivity contribution in [3.63, 3.8) is 0 Å². The summed E-state index contributed by atoms with van der Waals surface area (Å²) in [7, 11) is -1.71. The molecule has 1 aliphatic rings. The third-order valence-electron chi connectivity index (χ3n) is 5.31. The van der Waals surface area contributed by atoms with Crippen molar-refractivity contribution in [1.82, 2.24) is 4.98 Å². The van der Waals surface area contributed by atoms with Gasteiger partial charge in [-0.25, -0.2) is 13.4 Å². The Hall–Kier alpha value is -2.49. The zero-order valence-electron chi connectivity index (χ0n) is 17.4. The van der Waals surface area contributed by atoms with Crippen molar-refractivity contribution in [3.05, 3.63) is 48.0 Å². The van der Waals surface area contributed by atoms with Crippen molar-refractivity contribution >= 4 is 42.4 Å². The van der Waals surface area contributed by atoms with Crippen LogP contribution in [0.4, 0.5) is 5.13 Å². The Balaban J connectivity index is 1.68. The topological polar surface area (TPSA) is 85.8 Å². The van der Waals surface area contributed by atoms with E-state index in [0.717, 1.165) is 28.8 Å². The monoisotopic (exact) mass is 460 g/mol. The number of nitrogens with zero attached hydrogens (tertiary/aromatic N) is 2. The number of sulfone groups is 1. The molecule has 7 nitrogen and oxygen atoms in total. The number of anilines is 1. The van der Waals surface area contributed by atoms with E-state index in [4.69, 9.17) is 9.47 Å². The Labute approximate surface area is 185 Å². The molecule has 2 heterocycles.